The Balaban J connectivity index is 3.65. The smallest absolute Gasteiger partial charge is 0.307 e. The summed E-state index contributed by atoms with van der Waals surface area (Å²) in [6.07, 6.45) is 1.17. The number of rotatable bonds is 5. The van der Waals surface area contributed by atoms with Gasteiger partial charge >= 0.3 is 5.97 Å². The molecule has 0 aromatic carbocycles. The Labute approximate surface area is 75.6 Å². The molecule has 0 amide bonds. The monoisotopic (exact) mass is 212 g/mol. The topological polar surface area (TPSA) is 60.4 Å². The van der Waals surface area contributed by atoms with Crippen molar-refractivity contribution in [1.82, 2.24) is 0 Å². The molecule has 0 aliphatic carbocycles. The van der Waals surface area contributed by atoms with Crippen LogP contribution in [0.3, 0.4) is 0 Å². The molecule has 0 fully saturated rings. The third-order valence-corrected chi connectivity index (χ3v) is 2.07. The second kappa shape index (κ2) is 5.16. The fourth-order valence-corrected chi connectivity index (χ4v) is 1.07. The van der Waals surface area contributed by atoms with Crippen LogP contribution in [0.5, 0.6) is 0 Å². The van der Waals surface area contributed by atoms with E-state index in [4.69, 9.17) is 10.7 Å². The van der Waals surface area contributed by atoms with Crippen molar-refractivity contribution in [3.05, 3.63) is 12.7 Å². The average Bonchev–Trinajstić information content (AvgIpc) is 1.95. The van der Waals surface area contributed by atoms with Gasteiger partial charge in [0.15, 0.2) is 0 Å². The Morgan fingerprint density at radius 1 is 1.58 bits per heavy atom. The molecule has 0 aliphatic heterocycles. The molecule has 70 valence electrons. The molecule has 6 heteroatoms. The van der Waals surface area contributed by atoms with Gasteiger partial charge in [0.1, 0.15) is 6.61 Å². The third kappa shape index (κ3) is 7.56. The first-order valence-electron chi connectivity index (χ1n) is 3.14. The molecular formula is C6H9ClO4S. The maximum atomic E-state index is 10.7. The lowest BCUT2D eigenvalue weighted by atomic mass is 10.5. The van der Waals surface area contributed by atoms with Crippen LogP contribution < -0.4 is 0 Å². The normalized spacial score (nSPS) is 10.8. The Morgan fingerprint density at radius 2 is 2.17 bits per heavy atom. The van der Waals surface area contributed by atoms with Gasteiger partial charge in [-0.15, -0.1) is 0 Å². The van der Waals surface area contributed by atoms with Gasteiger partial charge in [-0.25, -0.2) is 8.42 Å². The minimum absolute atomic E-state index is 0.0845. The number of carbonyl (C=O) groups excluding carboxylic acids is 1. The summed E-state index contributed by atoms with van der Waals surface area (Å²) in [5.41, 5.74) is 0. The van der Waals surface area contributed by atoms with Gasteiger partial charge in [-0.05, 0) is 0 Å². The van der Waals surface area contributed by atoms with E-state index in [0.29, 0.717) is 0 Å². The van der Waals surface area contributed by atoms with Crippen LogP contribution in [-0.2, 0) is 18.6 Å². The van der Waals surface area contributed by atoms with Crippen LogP contribution in [0.2, 0.25) is 0 Å². The molecule has 12 heavy (non-hydrogen) atoms. The van der Waals surface area contributed by atoms with Gasteiger partial charge in [0.25, 0.3) is 0 Å². The van der Waals surface area contributed by atoms with E-state index in [9.17, 15) is 13.2 Å². The molecule has 0 spiro atoms. The van der Waals surface area contributed by atoms with Gasteiger partial charge in [-0.2, -0.15) is 0 Å². The molecule has 0 saturated heterocycles. The van der Waals surface area contributed by atoms with Gasteiger partial charge in [0, 0.05) is 10.7 Å². The zero-order chi connectivity index (χ0) is 9.61. The van der Waals surface area contributed by atoms with E-state index in [1.54, 1.807) is 0 Å². The number of hydrogen-bond donors (Lipinski definition) is 0. The van der Waals surface area contributed by atoms with Crippen LogP contribution in [0.4, 0.5) is 0 Å². The number of carbonyl (C=O) groups is 1. The molecule has 4 nitrogen and oxygen atoms in total. The highest BCUT2D eigenvalue weighted by Crippen LogP contribution is 1.99. The Morgan fingerprint density at radius 3 is 2.58 bits per heavy atom. The molecular weight excluding hydrogens is 204 g/mol. The van der Waals surface area contributed by atoms with Gasteiger partial charge in [-0.3, -0.25) is 4.79 Å². The number of halogens is 1. The fourth-order valence-electron chi connectivity index (χ4n) is 0.429. The Hall–Kier alpha value is -0.550. The van der Waals surface area contributed by atoms with Crippen molar-refractivity contribution in [1.29, 1.82) is 0 Å². The molecule has 0 bridgehead atoms. The van der Waals surface area contributed by atoms with E-state index in [1.807, 2.05) is 0 Å². The van der Waals surface area contributed by atoms with Crippen LogP contribution in [0, 0.1) is 0 Å². The number of esters is 1. The Bertz CT molecular complexity index is 257. The first-order valence-corrected chi connectivity index (χ1v) is 5.62. The van der Waals surface area contributed by atoms with Crippen LogP contribution in [0.1, 0.15) is 6.42 Å². The standard InChI is InChI=1S/C6H9ClO4S/c1-2-4-11-6(8)3-5-12(7,9)10/h2H,1,3-5H2. The summed E-state index contributed by atoms with van der Waals surface area (Å²) >= 11 is 0. The molecule has 0 saturated carbocycles. The first kappa shape index (κ1) is 11.4. The Kier molecular flexibility index (Phi) is 4.92. The summed E-state index contributed by atoms with van der Waals surface area (Å²) in [5, 5.41) is 0. The lowest BCUT2D eigenvalue weighted by Crippen LogP contribution is -2.09. The van der Waals surface area contributed by atoms with Crippen molar-refractivity contribution in [2.45, 2.75) is 6.42 Å². The second-order valence-corrected chi connectivity index (χ2v) is 4.86. The minimum Gasteiger partial charge on any atom is -0.461 e. The summed E-state index contributed by atoms with van der Waals surface area (Å²) in [6.45, 7) is 3.40. The predicted molar refractivity (Wildman–Crippen MR) is 45.4 cm³/mol. The first-order chi connectivity index (χ1) is 5.45. The maximum absolute atomic E-state index is 10.7. The largest absolute Gasteiger partial charge is 0.461 e. The molecule has 0 atom stereocenters. The van der Waals surface area contributed by atoms with Crippen LogP contribution in [0.25, 0.3) is 0 Å². The lowest BCUT2D eigenvalue weighted by molar-refractivity contribution is -0.141. The third-order valence-electron chi connectivity index (χ3n) is 0.912. The summed E-state index contributed by atoms with van der Waals surface area (Å²) < 4.78 is 25.2. The van der Waals surface area contributed by atoms with Gasteiger partial charge in [0.05, 0.1) is 12.2 Å². The van der Waals surface area contributed by atoms with E-state index in [0.717, 1.165) is 0 Å². The zero-order valence-corrected chi connectivity index (χ0v) is 7.90. The van der Waals surface area contributed by atoms with E-state index in [-0.39, 0.29) is 13.0 Å². The van der Waals surface area contributed by atoms with Gasteiger partial charge < -0.3 is 4.74 Å². The minimum atomic E-state index is -3.60. The van der Waals surface area contributed by atoms with Crippen LogP contribution in [0.15, 0.2) is 12.7 Å². The van der Waals surface area contributed by atoms with Crippen molar-refractivity contribution >= 4 is 25.7 Å². The summed E-state index contributed by atoms with van der Waals surface area (Å²) in [5.74, 6) is -0.996. The van der Waals surface area contributed by atoms with Crippen molar-refractivity contribution in [2.75, 3.05) is 12.4 Å². The average molecular weight is 213 g/mol. The molecule has 0 radical (unpaired) electrons. The highest BCUT2D eigenvalue weighted by atomic mass is 35.7. The molecule has 0 heterocycles. The number of hydrogen-bond acceptors (Lipinski definition) is 4. The molecule has 0 aromatic rings. The molecule has 0 unspecified atom stereocenters. The second-order valence-electron chi connectivity index (χ2n) is 1.96. The number of ether oxygens (including phenoxy) is 1. The van der Waals surface area contributed by atoms with Crippen molar-refractivity contribution in [3.63, 3.8) is 0 Å². The van der Waals surface area contributed by atoms with E-state index in [2.05, 4.69) is 11.3 Å². The highest BCUT2D eigenvalue weighted by Gasteiger charge is 2.09. The summed E-state index contributed by atoms with van der Waals surface area (Å²) in [7, 11) is 1.26. The summed E-state index contributed by atoms with van der Waals surface area (Å²) in [4.78, 5) is 10.7. The lowest BCUT2D eigenvalue weighted by Gasteiger charge is -1.98. The maximum Gasteiger partial charge on any atom is 0.307 e. The predicted octanol–water partition coefficient (Wildman–Crippen LogP) is 0.674. The summed E-state index contributed by atoms with van der Waals surface area (Å²) in [6, 6.07) is 0. The molecule has 0 aliphatic rings. The van der Waals surface area contributed by atoms with Crippen molar-refractivity contribution < 1.29 is 17.9 Å². The SMILES string of the molecule is C=CCOC(=O)CCS(=O)(=O)Cl. The van der Waals surface area contributed by atoms with Crippen molar-refractivity contribution in [2.24, 2.45) is 0 Å². The highest BCUT2D eigenvalue weighted by molar-refractivity contribution is 8.13. The molecule has 0 rings (SSSR count). The van der Waals surface area contributed by atoms with Crippen LogP contribution >= 0.6 is 10.7 Å². The van der Waals surface area contributed by atoms with Gasteiger partial charge in [-0.1, -0.05) is 12.7 Å². The van der Waals surface area contributed by atoms with Crippen molar-refractivity contribution in [3.8, 4) is 0 Å². The van der Waals surface area contributed by atoms with E-state index >= 15 is 0 Å². The fraction of sp³-hybridized carbons (Fsp3) is 0.500. The van der Waals surface area contributed by atoms with E-state index in [1.165, 1.54) is 6.08 Å². The quantitative estimate of drug-likeness (QED) is 0.382. The van der Waals surface area contributed by atoms with Gasteiger partial charge in [0.2, 0.25) is 9.05 Å². The van der Waals surface area contributed by atoms with Crippen LogP contribution in [-0.4, -0.2) is 26.7 Å². The zero-order valence-electron chi connectivity index (χ0n) is 6.32. The molecule has 0 aromatic heterocycles. The molecule has 0 N–H and O–H groups in total. The van der Waals surface area contributed by atoms with E-state index < -0.39 is 20.8 Å².